The third-order valence-corrected chi connectivity index (χ3v) is 3.14. The second-order valence-electron chi connectivity index (χ2n) is 4.53. The molecule has 0 unspecified atom stereocenters. The van der Waals surface area contributed by atoms with E-state index in [0.717, 1.165) is 0 Å². The fourth-order valence-electron chi connectivity index (χ4n) is 1.73. The van der Waals surface area contributed by atoms with Gasteiger partial charge in [-0.3, -0.25) is 4.79 Å². The lowest BCUT2D eigenvalue weighted by molar-refractivity contribution is 0.0248. The number of carbonyl (C=O) groups is 1. The summed E-state index contributed by atoms with van der Waals surface area (Å²) in [7, 11) is 0. The van der Waals surface area contributed by atoms with Gasteiger partial charge in [0.25, 0.3) is 5.91 Å². The second-order valence-corrected chi connectivity index (χ2v) is 4.53. The maximum atomic E-state index is 11.8. The molecule has 15 heavy (non-hydrogen) atoms. The lowest BCUT2D eigenvalue weighted by atomic mass is 9.80. The molecule has 2 rings (SSSR count). The van der Waals surface area contributed by atoms with E-state index in [1.807, 2.05) is 0 Å². The van der Waals surface area contributed by atoms with E-state index in [1.165, 1.54) is 6.26 Å². The molecule has 1 aromatic rings. The van der Waals surface area contributed by atoms with Gasteiger partial charge < -0.3 is 15.1 Å². The molecule has 1 aliphatic rings. The summed E-state index contributed by atoms with van der Waals surface area (Å²) in [5, 5.41) is 0. The van der Waals surface area contributed by atoms with Gasteiger partial charge in [-0.2, -0.15) is 0 Å². The summed E-state index contributed by atoms with van der Waals surface area (Å²) in [6.45, 7) is 5.39. The fraction of sp³-hybridized carbons (Fsp3) is 0.545. The summed E-state index contributed by atoms with van der Waals surface area (Å²) in [6.07, 6.45) is 1.51. The number of nitrogens with zero attached hydrogens (tertiary/aromatic N) is 1. The molecule has 1 aliphatic heterocycles. The molecule has 1 amide bonds. The SMILES string of the molecule is CC(C)C1(N)CN(C(=O)c2ccco2)C1. The summed E-state index contributed by atoms with van der Waals surface area (Å²) < 4.78 is 5.05. The van der Waals surface area contributed by atoms with Crippen LogP contribution in [-0.4, -0.2) is 29.4 Å². The first-order chi connectivity index (χ1) is 7.03. The predicted molar refractivity (Wildman–Crippen MR) is 56.4 cm³/mol. The third-order valence-electron chi connectivity index (χ3n) is 3.14. The lowest BCUT2D eigenvalue weighted by Crippen LogP contribution is -2.71. The van der Waals surface area contributed by atoms with E-state index in [1.54, 1.807) is 17.0 Å². The van der Waals surface area contributed by atoms with Gasteiger partial charge in [0.15, 0.2) is 5.76 Å². The van der Waals surface area contributed by atoms with Crippen LogP contribution in [0.1, 0.15) is 24.4 Å². The molecule has 0 radical (unpaired) electrons. The van der Waals surface area contributed by atoms with Gasteiger partial charge in [-0.1, -0.05) is 13.8 Å². The van der Waals surface area contributed by atoms with E-state index in [4.69, 9.17) is 10.2 Å². The number of rotatable bonds is 2. The zero-order chi connectivity index (χ0) is 11.1. The van der Waals surface area contributed by atoms with Crippen LogP contribution >= 0.6 is 0 Å². The molecule has 1 aromatic heterocycles. The van der Waals surface area contributed by atoms with Crippen LogP contribution in [0.2, 0.25) is 0 Å². The monoisotopic (exact) mass is 208 g/mol. The van der Waals surface area contributed by atoms with Gasteiger partial charge in [-0.15, -0.1) is 0 Å². The highest BCUT2D eigenvalue weighted by atomic mass is 16.3. The van der Waals surface area contributed by atoms with Gasteiger partial charge in [0.05, 0.1) is 11.8 Å². The Morgan fingerprint density at radius 3 is 2.73 bits per heavy atom. The molecule has 82 valence electrons. The Labute approximate surface area is 89.0 Å². The van der Waals surface area contributed by atoms with Crippen LogP contribution in [0.3, 0.4) is 0 Å². The van der Waals surface area contributed by atoms with E-state index in [9.17, 15) is 4.79 Å². The summed E-state index contributed by atoms with van der Waals surface area (Å²) >= 11 is 0. The van der Waals surface area contributed by atoms with Crippen LogP contribution in [0.4, 0.5) is 0 Å². The maximum Gasteiger partial charge on any atom is 0.289 e. The molecule has 2 N–H and O–H groups in total. The first-order valence-electron chi connectivity index (χ1n) is 5.14. The molecule has 4 heteroatoms. The van der Waals surface area contributed by atoms with E-state index in [2.05, 4.69) is 13.8 Å². The van der Waals surface area contributed by atoms with Crippen LogP contribution < -0.4 is 5.73 Å². The molecular weight excluding hydrogens is 192 g/mol. The number of nitrogens with two attached hydrogens (primary N) is 1. The van der Waals surface area contributed by atoms with Crippen LogP contribution in [0.5, 0.6) is 0 Å². The lowest BCUT2D eigenvalue weighted by Gasteiger charge is -2.49. The van der Waals surface area contributed by atoms with Crippen molar-refractivity contribution in [2.45, 2.75) is 19.4 Å². The maximum absolute atomic E-state index is 11.8. The van der Waals surface area contributed by atoms with Gasteiger partial charge in [0.2, 0.25) is 0 Å². The van der Waals surface area contributed by atoms with E-state index < -0.39 is 0 Å². The summed E-state index contributed by atoms with van der Waals surface area (Å²) in [6, 6.07) is 3.39. The average molecular weight is 208 g/mol. The molecule has 0 bridgehead atoms. The fourth-order valence-corrected chi connectivity index (χ4v) is 1.73. The van der Waals surface area contributed by atoms with Gasteiger partial charge in [0, 0.05) is 13.1 Å². The van der Waals surface area contributed by atoms with Crippen molar-refractivity contribution in [2.75, 3.05) is 13.1 Å². The Kier molecular flexibility index (Phi) is 2.31. The molecule has 1 saturated heterocycles. The molecule has 0 spiro atoms. The van der Waals surface area contributed by atoms with Crippen molar-refractivity contribution >= 4 is 5.91 Å². The second kappa shape index (κ2) is 3.38. The van der Waals surface area contributed by atoms with Crippen molar-refractivity contribution in [3.05, 3.63) is 24.2 Å². The molecule has 2 heterocycles. The number of amides is 1. The van der Waals surface area contributed by atoms with Crippen molar-refractivity contribution in [1.82, 2.24) is 4.90 Å². The molecule has 0 atom stereocenters. The average Bonchev–Trinajstić information content (AvgIpc) is 2.64. The number of furan rings is 1. The number of hydrogen-bond acceptors (Lipinski definition) is 3. The number of carbonyl (C=O) groups excluding carboxylic acids is 1. The van der Waals surface area contributed by atoms with Crippen molar-refractivity contribution < 1.29 is 9.21 Å². The minimum absolute atomic E-state index is 0.0678. The highest BCUT2D eigenvalue weighted by molar-refractivity contribution is 5.92. The minimum Gasteiger partial charge on any atom is -0.459 e. The summed E-state index contributed by atoms with van der Waals surface area (Å²) in [4.78, 5) is 13.5. The Hall–Kier alpha value is -1.29. The first-order valence-corrected chi connectivity index (χ1v) is 5.14. The van der Waals surface area contributed by atoms with Crippen LogP contribution in [0, 0.1) is 5.92 Å². The Bertz CT molecular complexity index is 351. The van der Waals surface area contributed by atoms with E-state index in [-0.39, 0.29) is 11.4 Å². The molecule has 4 nitrogen and oxygen atoms in total. The molecule has 0 aromatic carbocycles. The quantitative estimate of drug-likeness (QED) is 0.791. The van der Waals surface area contributed by atoms with Gasteiger partial charge >= 0.3 is 0 Å². The van der Waals surface area contributed by atoms with Crippen LogP contribution in [0.15, 0.2) is 22.8 Å². The molecule has 0 aliphatic carbocycles. The Balaban J connectivity index is 1.98. The van der Waals surface area contributed by atoms with Crippen molar-refractivity contribution in [2.24, 2.45) is 11.7 Å². The largest absolute Gasteiger partial charge is 0.459 e. The predicted octanol–water partition coefficient (Wildman–Crippen LogP) is 1.09. The van der Waals surface area contributed by atoms with Gasteiger partial charge in [-0.05, 0) is 18.1 Å². The smallest absolute Gasteiger partial charge is 0.289 e. The van der Waals surface area contributed by atoms with Crippen LogP contribution in [0.25, 0.3) is 0 Å². The van der Waals surface area contributed by atoms with Gasteiger partial charge in [-0.25, -0.2) is 0 Å². The van der Waals surface area contributed by atoms with Gasteiger partial charge in [0.1, 0.15) is 0 Å². The third kappa shape index (κ3) is 1.65. The molecular formula is C11H16N2O2. The van der Waals surface area contributed by atoms with Crippen molar-refractivity contribution in [3.8, 4) is 0 Å². The van der Waals surface area contributed by atoms with Crippen LogP contribution in [-0.2, 0) is 0 Å². The molecule has 1 fully saturated rings. The van der Waals surface area contributed by atoms with E-state index >= 15 is 0 Å². The van der Waals surface area contributed by atoms with Crippen molar-refractivity contribution in [3.63, 3.8) is 0 Å². The van der Waals surface area contributed by atoms with Crippen molar-refractivity contribution in [1.29, 1.82) is 0 Å². The minimum atomic E-state index is -0.220. The Morgan fingerprint density at radius 2 is 2.27 bits per heavy atom. The number of likely N-dealkylation sites (tertiary alicyclic amines) is 1. The van der Waals surface area contributed by atoms with E-state index in [0.29, 0.717) is 24.8 Å². The zero-order valence-electron chi connectivity index (χ0n) is 9.06. The molecule has 0 saturated carbocycles. The normalized spacial score (nSPS) is 19.1. The topological polar surface area (TPSA) is 59.5 Å². The summed E-state index contributed by atoms with van der Waals surface area (Å²) in [5.41, 5.74) is 5.88. The highest BCUT2D eigenvalue weighted by Crippen LogP contribution is 2.27. The first kappa shape index (κ1) is 10.2. The Morgan fingerprint density at radius 1 is 1.60 bits per heavy atom. The zero-order valence-corrected chi connectivity index (χ0v) is 9.06. The highest BCUT2D eigenvalue weighted by Gasteiger charge is 2.44. The number of hydrogen-bond donors (Lipinski definition) is 1. The standard InChI is InChI=1S/C11H16N2O2/c1-8(2)11(12)6-13(7-11)10(14)9-4-3-5-15-9/h3-5,8H,6-7,12H2,1-2H3. The summed E-state index contributed by atoms with van der Waals surface area (Å²) in [5.74, 6) is 0.709.